The maximum Gasteiger partial charge on any atom is 0.150 e. The fourth-order valence-corrected chi connectivity index (χ4v) is 1.78. The number of ether oxygens (including phenoxy) is 2. The Balaban J connectivity index is 2.80. The Kier molecular flexibility index (Phi) is 2.25. The van der Waals surface area contributed by atoms with Gasteiger partial charge in [0.2, 0.25) is 0 Å². The first-order chi connectivity index (χ1) is 6.77. The first-order valence-electron chi connectivity index (χ1n) is 4.15. The monoisotopic (exact) mass is 211 g/mol. The zero-order valence-electron chi connectivity index (χ0n) is 7.93. The summed E-state index contributed by atoms with van der Waals surface area (Å²) >= 11 is 6.08. The zero-order chi connectivity index (χ0) is 10.1. The highest BCUT2D eigenvalue weighted by Gasteiger charge is 2.13. The molecule has 2 rings (SSSR count). The van der Waals surface area contributed by atoms with E-state index in [2.05, 4.69) is 4.98 Å². The van der Waals surface area contributed by atoms with Crippen LogP contribution in [0.5, 0.6) is 11.5 Å². The summed E-state index contributed by atoms with van der Waals surface area (Å²) in [6.45, 7) is 0. The minimum absolute atomic E-state index is 0.502. The standard InChI is InChI=1S/C10H10ClNO2/c1-13-8-5-7-6(3-4-12-7)10(14-2)9(8)11/h3-5,12H,1-2H3. The summed E-state index contributed by atoms with van der Waals surface area (Å²) in [5.74, 6) is 1.25. The highest BCUT2D eigenvalue weighted by molar-refractivity contribution is 6.34. The molecule has 0 saturated heterocycles. The largest absolute Gasteiger partial charge is 0.495 e. The Morgan fingerprint density at radius 3 is 2.71 bits per heavy atom. The van der Waals surface area contributed by atoms with Crippen LogP contribution in [-0.4, -0.2) is 19.2 Å². The molecule has 0 fully saturated rings. The molecule has 3 nitrogen and oxygen atoms in total. The van der Waals surface area contributed by atoms with Crippen molar-refractivity contribution in [2.75, 3.05) is 14.2 Å². The Bertz CT molecular complexity index is 464. The second kappa shape index (κ2) is 3.42. The normalized spacial score (nSPS) is 10.5. The minimum atomic E-state index is 0.502. The van der Waals surface area contributed by atoms with Gasteiger partial charge in [-0.2, -0.15) is 0 Å². The van der Waals surface area contributed by atoms with Gasteiger partial charge in [0.25, 0.3) is 0 Å². The quantitative estimate of drug-likeness (QED) is 0.829. The fourth-order valence-electron chi connectivity index (χ4n) is 1.47. The van der Waals surface area contributed by atoms with Gasteiger partial charge >= 0.3 is 0 Å². The molecule has 0 aliphatic heterocycles. The van der Waals surface area contributed by atoms with Crippen LogP contribution < -0.4 is 9.47 Å². The number of nitrogens with one attached hydrogen (secondary N) is 1. The van der Waals surface area contributed by atoms with Crippen LogP contribution in [0.2, 0.25) is 5.02 Å². The molecule has 0 amide bonds. The van der Waals surface area contributed by atoms with E-state index in [9.17, 15) is 0 Å². The Hall–Kier alpha value is -1.35. The molecule has 4 heteroatoms. The molecule has 0 unspecified atom stereocenters. The molecule has 1 aromatic heterocycles. The van der Waals surface area contributed by atoms with Crippen molar-refractivity contribution >= 4 is 22.5 Å². The van der Waals surface area contributed by atoms with Gasteiger partial charge in [0.05, 0.1) is 19.7 Å². The lowest BCUT2D eigenvalue weighted by Crippen LogP contribution is -1.90. The van der Waals surface area contributed by atoms with Gasteiger partial charge in [0, 0.05) is 17.6 Å². The van der Waals surface area contributed by atoms with E-state index < -0.39 is 0 Å². The number of hydrogen-bond acceptors (Lipinski definition) is 2. The van der Waals surface area contributed by atoms with Crippen LogP contribution in [0.1, 0.15) is 0 Å². The molecule has 1 heterocycles. The van der Waals surface area contributed by atoms with Crippen LogP contribution in [0.3, 0.4) is 0 Å². The molecule has 1 N–H and O–H groups in total. The summed E-state index contributed by atoms with van der Waals surface area (Å²) in [6, 6.07) is 3.76. The third-order valence-electron chi connectivity index (χ3n) is 2.14. The molecule has 0 aliphatic rings. The van der Waals surface area contributed by atoms with Crippen molar-refractivity contribution in [3.05, 3.63) is 23.4 Å². The third kappa shape index (κ3) is 1.21. The second-order valence-electron chi connectivity index (χ2n) is 2.86. The summed E-state index contributed by atoms with van der Waals surface area (Å²) < 4.78 is 10.4. The van der Waals surface area contributed by atoms with E-state index in [4.69, 9.17) is 21.1 Å². The fraction of sp³-hybridized carbons (Fsp3) is 0.200. The number of halogens is 1. The first kappa shape index (κ1) is 9.21. The molecule has 0 aliphatic carbocycles. The van der Waals surface area contributed by atoms with Crippen molar-refractivity contribution in [1.29, 1.82) is 0 Å². The number of methoxy groups -OCH3 is 2. The molecular formula is C10H10ClNO2. The number of aromatic amines is 1. The third-order valence-corrected chi connectivity index (χ3v) is 2.50. The number of rotatable bonds is 2. The van der Waals surface area contributed by atoms with E-state index in [0.29, 0.717) is 16.5 Å². The Morgan fingerprint density at radius 1 is 1.29 bits per heavy atom. The molecule has 2 aromatic rings. The van der Waals surface area contributed by atoms with Gasteiger partial charge in [-0.25, -0.2) is 0 Å². The van der Waals surface area contributed by atoms with E-state index in [-0.39, 0.29) is 0 Å². The number of aromatic nitrogens is 1. The number of benzene rings is 1. The topological polar surface area (TPSA) is 34.2 Å². The highest BCUT2D eigenvalue weighted by atomic mass is 35.5. The SMILES string of the molecule is COc1cc2[nH]ccc2c(OC)c1Cl. The first-order valence-corrected chi connectivity index (χ1v) is 4.53. The predicted molar refractivity (Wildman–Crippen MR) is 56.4 cm³/mol. The van der Waals surface area contributed by atoms with E-state index >= 15 is 0 Å². The minimum Gasteiger partial charge on any atom is -0.495 e. The van der Waals surface area contributed by atoms with E-state index in [1.165, 1.54) is 0 Å². The van der Waals surface area contributed by atoms with E-state index in [1.807, 2.05) is 18.3 Å². The maximum absolute atomic E-state index is 6.08. The summed E-state index contributed by atoms with van der Waals surface area (Å²) in [5.41, 5.74) is 0.947. The molecule has 74 valence electrons. The molecular weight excluding hydrogens is 202 g/mol. The van der Waals surface area contributed by atoms with Gasteiger partial charge in [-0.1, -0.05) is 11.6 Å². The van der Waals surface area contributed by atoms with Gasteiger partial charge in [0.15, 0.2) is 5.75 Å². The van der Waals surface area contributed by atoms with Crippen molar-refractivity contribution < 1.29 is 9.47 Å². The maximum atomic E-state index is 6.08. The summed E-state index contributed by atoms with van der Waals surface area (Å²) in [6.07, 6.45) is 1.84. The molecule has 0 radical (unpaired) electrons. The smallest absolute Gasteiger partial charge is 0.150 e. The van der Waals surface area contributed by atoms with Gasteiger partial charge < -0.3 is 14.5 Å². The number of hydrogen-bond donors (Lipinski definition) is 1. The van der Waals surface area contributed by atoms with Crippen molar-refractivity contribution in [2.45, 2.75) is 0 Å². The van der Waals surface area contributed by atoms with Crippen LogP contribution in [0.25, 0.3) is 10.9 Å². The average Bonchev–Trinajstić information content (AvgIpc) is 2.64. The molecule has 0 bridgehead atoms. The molecule has 1 aromatic carbocycles. The lowest BCUT2D eigenvalue weighted by molar-refractivity contribution is 0.398. The van der Waals surface area contributed by atoms with Gasteiger partial charge in [-0.3, -0.25) is 0 Å². The van der Waals surface area contributed by atoms with Gasteiger partial charge in [-0.05, 0) is 6.07 Å². The predicted octanol–water partition coefficient (Wildman–Crippen LogP) is 2.84. The van der Waals surface area contributed by atoms with Crippen molar-refractivity contribution in [3.63, 3.8) is 0 Å². The van der Waals surface area contributed by atoms with Crippen LogP contribution in [-0.2, 0) is 0 Å². The number of H-pyrrole nitrogens is 1. The summed E-state index contributed by atoms with van der Waals surface area (Å²) in [5, 5.41) is 1.46. The van der Waals surface area contributed by atoms with E-state index in [0.717, 1.165) is 10.9 Å². The molecule has 0 spiro atoms. The summed E-state index contributed by atoms with van der Waals surface area (Å²) in [4.78, 5) is 3.08. The van der Waals surface area contributed by atoms with Crippen LogP contribution in [0.4, 0.5) is 0 Å². The second-order valence-corrected chi connectivity index (χ2v) is 3.24. The molecule has 14 heavy (non-hydrogen) atoms. The van der Waals surface area contributed by atoms with Crippen molar-refractivity contribution in [2.24, 2.45) is 0 Å². The zero-order valence-corrected chi connectivity index (χ0v) is 8.68. The van der Waals surface area contributed by atoms with Crippen molar-refractivity contribution in [3.8, 4) is 11.5 Å². The lowest BCUT2D eigenvalue weighted by atomic mass is 10.2. The Labute approximate surface area is 86.6 Å². The van der Waals surface area contributed by atoms with Crippen LogP contribution >= 0.6 is 11.6 Å². The van der Waals surface area contributed by atoms with Crippen LogP contribution in [0.15, 0.2) is 18.3 Å². The molecule has 0 atom stereocenters. The molecule has 0 saturated carbocycles. The Morgan fingerprint density at radius 2 is 2.07 bits per heavy atom. The van der Waals surface area contributed by atoms with Gasteiger partial charge in [-0.15, -0.1) is 0 Å². The average molecular weight is 212 g/mol. The summed E-state index contributed by atoms with van der Waals surface area (Å²) in [7, 11) is 3.17. The highest BCUT2D eigenvalue weighted by Crippen LogP contribution is 2.40. The number of fused-ring (bicyclic) bond motifs is 1. The van der Waals surface area contributed by atoms with Gasteiger partial charge in [0.1, 0.15) is 10.8 Å². The van der Waals surface area contributed by atoms with E-state index in [1.54, 1.807) is 14.2 Å². The lowest BCUT2D eigenvalue weighted by Gasteiger charge is -2.08. The van der Waals surface area contributed by atoms with Crippen LogP contribution in [0, 0.1) is 0 Å². The van der Waals surface area contributed by atoms with Crippen molar-refractivity contribution in [1.82, 2.24) is 4.98 Å².